The van der Waals surface area contributed by atoms with E-state index in [1.807, 2.05) is 30.3 Å². The third-order valence-electron chi connectivity index (χ3n) is 2.29. The molecule has 1 N–H and O–H groups in total. The monoisotopic (exact) mass is 231 g/mol. The Morgan fingerprint density at radius 2 is 1.81 bits per heavy atom. The molecule has 0 amide bonds. The van der Waals surface area contributed by atoms with Gasteiger partial charge in [0.2, 0.25) is 0 Å². The first-order valence-corrected chi connectivity index (χ1v) is 5.31. The molecule has 0 heterocycles. The van der Waals surface area contributed by atoms with Crippen LogP contribution < -0.4 is 5.32 Å². The second kappa shape index (κ2) is 5.89. The fraction of sp³-hybridized carbons (Fsp3) is 0.500. The molecule has 1 unspecified atom stereocenters. The number of halogens is 3. The minimum atomic E-state index is -4.08. The van der Waals surface area contributed by atoms with Gasteiger partial charge in [0, 0.05) is 6.04 Å². The average Bonchev–Trinajstić information content (AvgIpc) is 2.16. The van der Waals surface area contributed by atoms with Gasteiger partial charge in [-0.3, -0.25) is 0 Å². The van der Waals surface area contributed by atoms with Gasteiger partial charge in [0.05, 0.1) is 6.42 Å². The largest absolute Gasteiger partial charge is 0.390 e. The minimum Gasteiger partial charge on any atom is -0.314 e. The highest BCUT2D eigenvalue weighted by Gasteiger charge is 2.29. The van der Waals surface area contributed by atoms with Crippen molar-refractivity contribution in [3.63, 3.8) is 0 Å². The Kier molecular flexibility index (Phi) is 4.80. The molecule has 1 aromatic rings. The third-order valence-corrected chi connectivity index (χ3v) is 2.29. The predicted octanol–water partition coefficient (Wildman–Crippen LogP) is 3.16. The molecule has 0 aliphatic carbocycles. The normalized spacial score (nSPS) is 13.8. The predicted molar refractivity (Wildman–Crippen MR) is 58.3 cm³/mol. The lowest BCUT2D eigenvalue weighted by molar-refractivity contribution is -0.138. The lowest BCUT2D eigenvalue weighted by Crippen LogP contribution is -2.32. The fourth-order valence-corrected chi connectivity index (χ4v) is 1.53. The van der Waals surface area contributed by atoms with Gasteiger partial charge >= 0.3 is 6.18 Å². The summed E-state index contributed by atoms with van der Waals surface area (Å²) in [7, 11) is 0. The number of hydrogen-bond donors (Lipinski definition) is 1. The Labute approximate surface area is 93.7 Å². The van der Waals surface area contributed by atoms with Crippen molar-refractivity contribution >= 4 is 0 Å². The van der Waals surface area contributed by atoms with E-state index in [0.717, 1.165) is 12.0 Å². The van der Waals surface area contributed by atoms with E-state index in [-0.39, 0.29) is 0 Å². The molecule has 0 aromatic heterocycles. The smallest absolute Gasteiger partial charge is 0.314 e. The van der Waals surface area contributed by atoms with Gasteiger partial charge in [-0.25, -0.2) is 0 Å². The van der Waals surface area contributed by atoms with Gasteiger partial charge in [0.25, 0.3) is 0 Å². The van der Waals surface area contributed by atoms with Crippen LogP contribution >= 0.6 is 0 Å². The average molecular weight is 231 g/mol. The molecular weight excluding hydrogens is 215 g/mol. The second-order valence-electron chi connectivity index (χ2n) is 3.91. The van der Waals surface area contributed by atoms with Crippen molar-refractivity contribution in [2.24, 2.45) is 0 Å². The van der Waals surface area contributed by atoms with Crippen LogP contribution in [0.1, 0.15) is 18.9 Å². The molecule has 1 aromatic carbocycles. The zero-order chi connectivity index (χ0) is 12.0. The van der Waals surface area contributed by atoms with Crippen molar-refractivity contribution in [3.05, 3.63) is 35.9 Å². The molecule has 0 spiro atoms. The van der Waals surface area contributed by atoms with Gasteiger partial charge in [-0.15, -0.1) is 0 Å². The van der Waals surface area contributed by atoms with Gasteiger partial charge in [-0.1, -0.05) is 30.3 Å². The summed E-state index contributed by atoms with van der Waals surface area (Å²) in [6.45, 7) is 2.12. The van der Waals surface area contributed by atoms with Gasteiger partial charge in [-0.2, -0.15) is 13.2 Å². The van der Waals surface area contributed by atoms with Gasteiger partial charge in [0.15, 0.2) is 0 Å². The molecule has 16 heavy (non-hydrogen) atoms. The van der Waals surface area contributed by atoms with Crippen LogP contribution in [-0.4, -0.2) is 18.8 Å². The molecule has 0 fully saturated rings. The van der Waals surface area contributed by atoms with Crippen LogP contribution in [0.15, 0.2) is 30.3 Å². The summed E-state index contributed by atoms with van der Waals surface area (Å²) < 4.78 is 36.0. The quantitative estimate of drug-likeness (QED) is 0.820. The maximum absolute atomic E-state index is 12.0. The molecule has 0 saturated heterocycles. The van der Waals surface area contributed by atoms with E-state index in [0.29, 0.717) is 6.54 Å². The number of rotatable bonds is 5. The van der Waals surface area contributed by atoms with Gasteiger partial charge < -0.3 is 5.32 Å². The van der Waals surface area contributed by atoms with E-state index < -0.39 is 18.6 Å². The van der Waals surface area contributed by atoms with E-state index in [1.165, 1.54) is 0 Å². The van der Waals surface area contributed by atoms with E-state index in [4.69, 9.17) is 0 Å². The number of alkyl halides is 3. The van der Waals surface area contributed by atoms with Gasteiger partial charge in [-0.05, 0) is 25.5 Å². The third kappa shape index (κ3) is 5.75. The van der Waals surface area contributed by atoms with Crippen LogP contribution in [0.4, 0.5) is 13.2 Å². The SMILES string of the molecule is CC(CC(F)(F)F)NCCc1ccccc1. The number of nitrogens with one attached hydrogen (secondary N) is 1. The summed E-state index contributed by atoms with van der Waals surface area (Å²) in [5, 5.41) is 2.87. The van der Waals surface area contributed by atoms with Crippen molar-refractivity contribution in [2.75, 3.05) is 6.54 Å². The first-order valence-electron chi connectivity index (χ1n) is 5.31. The fourth-order valence-electron chi connectivity index (χ4n) is 1.53. The Morgan fingerprint density at radius 1 is 1.19 bits per heavy atom. The van der Waals surface area contributed by atoms with Crippen molar-refractivity contribution in [1.29, 1.82) is 0 Å². The van der Waals surface area contributed by atoms with Crippen molar-refractivity contribution < 1.29 is 13.2 Å². The van der Waals surface area contributed by atoms with Crippen LogP contribution in [-0.2, 0) is 6.42 Å². The van der Waals surface area contributed by atoms with Crippen molar-refractivity contribution in [1.82, 2.24) is 5.32 Å². The molecule has 1 nitrogen and oxygen atoms in total. The van der Waals surface area contributed by atoms with Gasteiger partial charge in [0.1, 0.15) is 0 Å². The number of benzene rings is 1. The highest BCUT2D eigenvalue weighted by atomic mass is 19.4. The second-order valence-corrected chi connectivity index (χ2v) is 3.91. The molecule has 0 aliphatic rings. The van der Waals surface area contributed by atoms with Crippen LogP contribution in [0.3, 0.4) is 0 Å². The molecule has 1 atom stereocenters. The molecule has 0 saturated carbocycles. The first-order chi connectivity index (χ1) is 7.47. The van der Waals surface area contributed by atoms with Crippen molar-refractivity contribution in [3.8, 4) is 0 Å². The molecule has 4 heteroatoms. The summed E-state index contributed by atoms with van der Waals surface area (Å²) in [5.74, 6) is 0. The van der Waals surface area contributed by atoms with Crippen LogP contribution in [0.25, 0.3) is 0 Å². The van der Waals surface area contributed by atoms with E-state index in [9.17, 15) is 13.2 Å². The molecule has 90 valence electrons. The lowest BCUT2D eigenvalue weighted by Gasteiger charge is -2.15. The molecule has 0 bridgehead atoms. The molecule has 0 radical (unpaired) electrons. The Balaban J connectivity index is 2.21. The van der Waals surface area contributed by atoms with E-state index in [2.05, 4.69) is 5.32 Å². The summed E-state index contributed by atoms with van der Waals surface area (Å²) >= 11 is 0. The van der Waals surface area contributed by atoms with Crippen LogP contribution in [0.5, 0.6) is 0 Å². The highest BCUT2D eigenvalue weighted by molar-refractivity contribution is 5.14. The minimum absolute atomic E-state index is 0.524. The standard InChI is InChI=1S/C12H16F3N/c1-10(9-12(13,14)15)16-8-7-11-5-3-2-4-6-11/h2-6,10,16H,7-9H2,1H3. The molecule has 1 rings (SSSR count). The summed E-state index contributed by atoms with van der Waals surface area (Å²) in [6, 6.07) is 9.18. The Morgan fingerprint density at radius 3 is 2.38 bits per heavy atom. The first kappa shape index (κ1) is 13.0. The summed E-state index contributed by atoms with van der Waals surface area (Å²) in [5.41, 5.74) is 1.13. The maximum atomic E-state index is 12.0. The Bertz CT molecular complexity index is 295. The zero-order valence-electron chi connectivity index (χ0n) is 9.22. The number of hydrogen-bond acceptors (Lipinski definition) is 1. The van der Waals surface area contributed by atoms with Crippen LogP contribution in [0, 0.1) is 0 Å². The molecule has 0 aliphatic heterocycles. The molecular formula is C12H16F3N. The summed E-state index contributed by atoms with van der Waals surface area (Å²) in [4.78, 5) is 0. The summed E-state index contributed by atoms with van der Waals surface area (Å²) in [6.07, 6.45) is -4.11. The zero-order valence-corrected chi connectivity index (χ0v) is 9.22. The highest BCUT2D eigenvalue weighted by Crippen LogP contribution is 2.21. The van der Waals surface area contributed by atoms with Crippen molar-refractivity contribution in [2.45, 2.75) is 32.0 Å². The van der Waals surface area contributed by atoms with Crippen LogP contribution in [0.2, 0.25) is 0 Å². The van der Waals surface area contributed by atoms with E-state index >= 15 is 0 Å². The maximum Gasteiger partial charge on any atom is 0.390 e. The lowest BCUT2D eigenvalue weighted by atomic mass is 10.1. The topological polar surface area (TPSA) is 12.0 Å². The van der Waals surface area contributed by atoms with E-state index in [1.54, 1.807) is 6.92 Å². The Hall–Kier alpha value is -1.03.